The van der Waals surface area contributed by atoms with Crippen LogP contribution in [0.4, 0.5) is 4.79 Å². The van der Waals surface area contributed by atoms with Gasteiger partial charge in [-0.05, 0) is 49.9 Å². The molecule has 2 amide bonds. The van der Waals surface area contributed by atoms with Crippen LogP contribution in [0.5, 0.6) is 0 Å². The van der Waals surface area contributed by atoms with Crippen molar-refractivity contribution in [1.29, 1.82) is 0 Å². The topological polar surface area (TPSA) is 89.4 Å². The summed E-state index contributed by atoms with van der Waals surface area (Å²) in [6, 6.07) is 11.2. The van der Waals surface area contributed by atoms with Crippen LogP contribution in [-0.2, 0) is 6.54 Å². The predicted octanol–water partition coefficient (Wildman–Crippen LogP) is 5.04. The van der Waals surface area contributed by atoms with Crippen molar-refractivity contribution in [3.8, 4) is 11.3 Å². The van der Waals surface area contributed by atoms with E-state index in [1.165, 1.54) is 4.90 Å². The van der Waals surface area contributed by atoms with Crippen LogP contribution < -0.4 is 0 Å². The molecule has 0 atom stereocenters. The molecule has 0 aliphatic carbocycles. The summed E-state index contributed by atoms with van der Waals surface area (Å²) in [5.41, 5.74) is 4.01. The lowest BCUT2D eigenvalue weighted by atomic mass is 9.95. The molecule has 1 aromatic carbocycles. The van der Waals surface area contributed by atoms with E-state index in [4.69, 9.17) is 4.42 Å². The molecule has 0 spiro atoms. The van der Waals surface area contributed by atoms with E-state index in [9.17, 15) is 9.59 Å². The van der Waals surface area contributed by atoms with Gasteiger partial charge in [0, 0.05) is 57.1 Å². The summed E-state index contributed by atoms with van der Waals surface area (Å²) in [4.78, 5) is 39.2. The Hall–Kier alpha value is -4.40. The number of pyridine rings is 1. The largest absolute Gasteiger partial charge is 0.464 e. The molecule has 1 aliphatic heterocycles. The van der Waals surface area contributed by atoms with Crippen LogP contribution >= 0.6 is 0 Å². The second-order valence-corrected chi connectivity index (χ2v) is 10.1. The first kappa shape index (κ1) is 24.0. The van der Waals surface area contributed by atoms with Gasteiger partial charge in [-0.1, -0.05) is 12.1 Å². The number of piperidine rings is 1. The summed E-state index contributed by atoms with van der Waals surface area (Å²) in [5, 5.41) is 0.735. The van der Waals surface area contributed by atoms with Gasteiger partial charge in [-0.15, -0.1) is 0 Å². The molecule has 9 heteroatoms. The minimum absolute atomic E-state index is 0.0619. The number of hydrogen-bond acceptors (Lipinski definition) is 5. The Labute approximate surface area is 220 Å². The molecular formula is C29H30N6O3. The lowest BCUT2D eigenvalue weighted by Gasteiger charge is -2.32. The molecule has 0 saturated carbocycles. The SMILES string of the molecule is Cc1nc2cnccc2n1CC1CCN(C(=O)c2cn(C(=O)N(C)C)c3cccc(-c4ccco4)c23)CC1. The Balaban J connectivity index is 1.28. The average Bonchev–Trinajstić information content (AvgIpc) is 3.66. The van der Waals surface area contributed by atoms with Crippen molar-refractivity contribution in [2.24, 2.45) is 5.92 Å². The third kappa shape index (κ3) is 4.04. The molecule has 1 fully saturated rings. The number of fused-ring (bicyclic) bond motifs is 2. The van der Waals surface area contributed by atoms with Gasteiger partial charge >= 0.3 is 6.03 Å². The molecule has 6 rings (SSSR count). The maximum Gasteiger partial charge on any atom is 0.328 e. The van der Waals surface area contributed by atoms with E-state index in [1.807, 2.05) is 48.2 Å². The van der Waals surface area contributed by atoms with E-state index in [0.717, 1.165) is 47.2 Å². The van der Waals surface area contributed by atoms with Gasteiger partial charge in [0.1, 0.15) is 17.1 Å². The maximum atomic E-state index is 13.9. The molecule has 0 unspecified atom stereocenters. The Kier molecular flexibility index (Phi) is 5.98. The predicted molar refractivity (Wildman–Crippen MR) is 145 cm³/mol. The number of furan rings is 1. The Morgan fingerprint density at radius 1 is 1.08 bits per heavy atom. The zero-order valence-corrected chi connectivity index (χ0v) is 21.8. The molecule has 1 saturated heterocycles. The van der Waals surface area contributed by atoms with E-state index in [1.54, 1.807) is 43.5 Å². The number of imidazole rings is 1. The molecule has 5 aromatic rings. The smallest absolute Gasteiger partial charge is 0.328 e. The summed E-state index contributed by atoms with van der Waals surface area (Å²) in [5.74, 6) is 2.03. The monoisotopic (exact) mass is 510 g/mol. The minimum Gasteiger partial charge on any atom is -0.464 e. The summed E-state index contributed by atoms with van der Waals surface area (Å²) in [6.45, 7) is 4.22. The zero-order valence-electron chi connectivity index (χ0n) is 21.8. The van der Waals surface area contributed by atoms with E-state index in [2.05, 4.69) is 14.5 Å². The van der Waals surface area contributed by atoms with Gasteiger partial charge in [0.15, 0.2) is 0 Å². The second-order valence-electron chi connectivity index (χ2n) is 10.1. The van der Waals surface area contributed by atoms with Crippen LogP contribution in [-0.4, -0.2) is 68.0 Å². The molecule has 0 bridgehead atoms. The summed E-state index contributed by atoms with van der Waals surface area (Å²) < 4.78 is 9.51. The van der Waals surface area contributed by atoms with Gasteiger partial charge in [-0.3, -0.25) is 14.3 Å². The first-order valence-electron chi connectivity index (χ1n) is 12.9. The molecule has 4 aromatic heterocycles. The van der Waals surface area contributed by atoms with E-state index in [-0.39, 0.29) is 11.9 Å². The molecule has 0 N–H and O–H groups in total. The minimum atomic E-state index is -0.206. The first-order chi connectivity index (χ1) is 18.4. The van der Waals surface area contributed by atoms with E-state index < -0.39 is 0 Å². The highest BCUT2D eigenvalue weighted by Gasteiger charge is 2.29. The zero-order chi connectivity index (χ0) is 26.4. The fourth-order valence-electron chi connectivity index (χ4n) is 5.54. The van der Waals surface area contributed by atoms with Crippen LogP contribution in [0.15, 0.2) is 65.7 Å². The second kappa shape index (κ2) is 9.48. The highest BCUT2D eigenvalue weighted by Crippen LogP contribution is 2.34. The van der Waals surface area contributed by atoms with Crippen LogP contribution in [0, 0.1) is 12.8 Å². The van der Waals surface area contributed by atoms with E-state index >= 15 is 0 Å². The summed E-state index contributed by atoms with van der Waals surface area (Å²) in [7, 11) is 3.41. The third-order valence-corrected chi connectivity index (χ3v) is 7.52. The van der Waals surface area contributed by atoms with Crippen LogP contribution in [0.1, 0.15) is 29.0 Å². The Bertz CT molecular complexity index is 1640. The molecule has 38 heavy (non-hydrogen) atoms. The Morgan fingerprint density at radius 3 is 2.63 bits per heavy atom. The highest BCUT2D eigenvalue weighted by atomic mass is 16.3. The Morgan fingerprint density at radius 2 is 1.89 bits per heavy atom. The molecule has 0 radical (unpaired) electrons. The normalized spacial score (nSPS) is 14.4. The number of carbonyl (C=O) groups is 2. The number of likely N-dealkylation sites (tertiary alicyclic amines) is 1. The van der Waals surface area contributed by atoms with Gasteiger partial charge in [-0.2, -0.15) is 0 Å². The lowest BCUT2D eigenvalue weighted by Crippen LogP contribution is -2.39. The van der Waals surface area contributed by atoms with Crippen molar-refractivity contribution < 1.29 is 14.0 Å². The van der Waals surface area contributed by atoms with Gasteiger partial charge in [-0.25, -0.2) is 9.78 Å². The molecule has 9 nitrogen and oxygen atoms in total. The number of rotatable bonds is 4. The number of benzene rings is 1. The standard InChI is InChI=1S/C29H30N6O3/c1-19-31-23-16-30-12-9-24(23)34(19)17-20-10-13-33(14-11-20)28(36)22-18-35(29(37)32(2)3)25-7-4-6-21(27(22)25)26-8-5-15-38-26/h4-9,12,15-16,18,20H,10-11,13-14,17H2,1-3H3. The van der Waals surface area contributed by atoms with E-state index in [0.29, 0.717) is 35.8 Å². The lowest BCUT2D eigenvalue weighted by molar-refractivity contribution is 0.0685. The van der Waals surface area contributed by atoms with Crippen LogP contribution in [0.3, 0.4) is 0 Å². The number of hydrogen-bond donors (Lipinski definition) is 0. The number of carbonyl (C=O) groups excluding carboxylic acids is 2. The van der Waals surface area contributed by atoms with Crippen molar-refractivity contribution in [2.75, 3.05) is 27.2 Å². The number of aryl methyl sites for hydroxylation is 1. The maximum absolute atomic E-state index is 13.9. The average molecular weight is 511 g/mol. The van der Waals surface area contributed by atoms with Crippen molar-refractivity contribution in [2.45, 2.75) is 26.3 Å². The summed E-state index contributed by atoms with van der Waals surface area (Å²) >= 11 is 0. The van der Waals surface area contributed by atoms with Crippen LogP contribution in [0.2, 0.25) is 0 Å². The quantitative estimate of drug-likeness (QED) is 0.338. The van der Waals surface area contributed by atoms with Gasteiger partial charge in [0.25, 0.3) is 5.91 Å². The number of aromatic nitrogens is 4. The molecule has 1 aliphatic rings. The number of amides is 2. The van der Waals surface area contributed by atoms with Gasteiger partial charge < -0.3 is 18.8 Å². The number of nitrogens with zero attached hydrogens (tertiary/aromatic N) is 6. The molecule has 194 valence electrons. The summed E-state index contributed by atoms with van der Waals surface area (Å²) in [6.07, 6.45) is 8.70. The first-order valence-corrected chi connectivity index (χ1v) is 12.9. The molecular weight excluding hydrogens is 480 g/mol. The van der Waals surface area contributed by atoms with Crippen LogP contribution in [0.25, 0.3) is 33.3 Å². The third-order valence-electron chi connectivity index (χ3n) is 7.52. The fraction of sp³-hybridized carbons (Fsp3) is 0.310. The van der Waals surface area contributed by atoms with Crippen molar-refractivity contribution in [1.82, 2.24) is 28.9 Å². The fourth-order valence-corrected chi connectivity index (χ4v) is 5.54. The van der Waals surface area contributed by atoms with Crippen molar-refractivity contribution >= 4 is 33.9 Å². The van der Waals surface area contributed by atoms with Crippen molar-refractivity contribution in [3.63, 3.8) is 0 Å². The van der Waals surface area contributed by atoms with Gasteiger partial charge in [0.2, 0.25) is 0 Å². The highest BCUT2D eigenvalue weighted by molar-refractivity contribution is 6.13. The van der Waals surface area contributed by atoms with Gasteiger partial charge in [0.05, 0.1) is 29.1 Å². The van der Waals surface area contributed by atoms with Crippen molar-refractivity contribution in [3.05, 3.63) is 72.6 Å². The molecule has 5 heterocycles.